The summed E-state index contributed by atoms with van der Waals surface area (Å²) in [4.78, 5) is 20.1. The Labute approximate surface area is 173 Å². The highest BCUT2D eigenvalue weighted by atomic mass is 19.4. The van der Waals surface area contributed by atoms with Crippen molar-refractivity contribution in [1.29, 1.82) is 5.26 Å². The van der Waals surface area contributed by atoms with Gasteiger partial charge in [0.15, 0.2) is 11.5 Å². The number of ether oxygens (including phenoxy) is 2. The number of rotatable bonds is 4. The molecule has 0 saturated heterocycles. The number of hydrogen-bond acceptors (Lipinski definition) is 6. The first kappa shape index (κ1) is 21.5. The summed E-state index contributed by atoms with van der Waals surface area (Å²) >= 11 is 0. The van der Waals surface area contributed by atoms with E-state index in [0.29, 0.717) is 12.3 Å². The van der Waals surface area contributed by atoms with Crippen molar-refractivity contribution in [3.05, 3.63) is 59.3 Å². The van der Waals surface area contributed by atoms with Gasteiger partial charge in [0.05, 0.1) is 24.3 Å². The second kappa shape index (κ2) is 8.66. The van der Waals surface area contributed by atoms with Gasteiger partial charge >= 0.3 is 6.18 Å². The van der Waals surface area contributed by atoms with E-state index in [9.17, 15) is 23.2 Å². The zero-order valence-corrected chi connectivity index (χ0v) is 15.9. The van der Waals surface area contributed by atoms with Crippen LogP contribution in [0.1, 0.15) is 21.5 Å². The van der Waals surface area contributed by atoms with Gasteiger partial charge in [0.2, 0.25) is 18.6 Å². The van der Waals surface area contributed by atoms with Crippen LogP contribution in [0.25, 0.3) is 0 Å². The number of hydroxylamine groups is 1. The number of carbonyl (C=O) groups is 1. The molecule has 1 aliphatic rings. The van der Waals surface area contributed by atoms with Gasteiger partial charge in [0.1, 0.15) is 11.3 Å². The summed E-state index contributed by atoms with van der Waals surface area (Å²) in [5, 5.41) is 18.5. The number of nitrogens with zero attached hydrogens (tertiary/aromatic N) is 4. The molecule has 0 bridgehead atoms. The summed E-state index contributed by atoms with van der Waals surface area (Å²) in [6, 6.07) is 6.63. The summed E-state index contributed by atoms with van der Waals surface area (Å²) in [7, 11) is 1.31. The average molecular weight is 431 g/mol. The molecule has 2 heterocycles. The van der Waals surface area contributed by atoms with Gasteiger partial charge in [-0.25, -0.2) is 9.98 Å². The standard InChI is InChI=1S/C20H14F3N4O4/c1-30-17-7-12(9-24)4-5-16(17)31-19-15(8-13(10-25-19)20(21,22)23)18(28)26-14-3-2-6-27(29)11-14/h2-8,10,29H,11H2,1H3/q+1. The van der Waals surface area contributed by atoms with Gasteiger partial charge in [-0.1, -0.05) is 0 Å². The van der Waals surface area contributed by atoms with E-state index in [1.54, 1.807) is 0 Å². The van der Waals surface area contributed by atoms with E-state index in [1.807, 2.05) is 6.07 Å². The van der Waals surface area contributed by atoms with Gasteiger partial charge < -0.3 is 9.47 Å². The van der Waals surface area contributed by atoms with Crippen LogP contribution >= 0.6 is 0 Å². The average Bonchev–Trinajstić information content (AvgIpc) is 2.73. The lowest BCUT2D eigenvalue weighted by Crippen LogP contribution is -2.21. The minimum Gasteiger partial charge on any atom is -0.493 e. The highest BCUT2D eigenvalue weighted by Gasteiger charge is 2.33. The van der Waals surface area contributed by atoms with Crippen LogP contribution in [0.2, 0.25) is 0 Å². The third kappa shape index (κ3) is 5.05. The van der Waals surface area contributed by atoms with E-state index >= 15 is 0 Å². The molecule has 0 aliphatic carbocycles. The number of methoxy groups -OCH3 is 1. The lowest BCUT2D eigenvalue weighted by molar-refractivity contribution is -0.761. The van der Waals surface area contributed by atoms with Crippen LogP contribution in [0.4, 0.5) is 13.2 Å². The number of allylic oxidation sites excluding steroid dienone is 1. The summed E-state index contributed by atoms with van der Waals surface area (Å²) < 4.78 is 50.9. The fourth-order valence-electron chi connectivity index (χ4n) is 2.56. The largest absolute Gasteiger partial charge is 0.493 e. The number of aliphatic imine (C=N–C) groups is 1. The van der Waals surface area contributed by atoms with Gasteiger partial charge in [-0.2, -0.15) is 18.4 Å². The molecule has 1 aromatic carbocycles. The van der Waals surface area contributed by atoms with Crippen LogP contribution < -0.4 is 9.47 Å². The lowest BCUT2D eigenvalue weighted by Gasteiger charge is -2.13. The van der Waals surface area contributed by atoms with Crippen LogP contribution in [0, 0.1) is 11.3 Å². The Bertz CT molecular complexity index is 1160. The van der Waals surface area contributed by atoms with Crippen LogP contribution in [-0.4, -0.2) is 46.4 Å². The predicted octanol–water partition coefficient (Wildman–Crippen LogP) is 3.40. The normalized spacial score (nSPS) is 14.7. The molecule has 0 atom stereocenters. The highest BCUT2D eigenvalue weighted by Crippen LogP contribution is 2.36. The van der Waals surface area contributed by atoms with Crippen molar-refractivity contribution in [3.63, 3.8) is 0 Å². The molecule has 0 spiro atoms. The van der Waals surface area contributed by atoms with Gasteiger partial charge in [0, 0.05) is 18.3 Å². The number of benzene rings is 1. The van der Waals surface area contributed by atoms with Gasteiger partial charge in [-0.15, -0.1) is 0 Å². The van der Waals surface area contributed by atoms with Crippen LogP contribution in [0.5, 0.6) is 17.4 Å². The van der Waals surface area contributed by atoms with Crippen molar-refractivity contribution in [3.8, 4) is 23.4 Å². The summed E-state index contributed by atoms with van der Waals surface area (Å²) in [6.45, 7) is -0.131. The minimum atomic E-state index is -4.75. The monoisotopic (exact) mass is 431 g/mol. The van der Waals surface area contributed by atoms with E-state index in [4.69, 9.17) is 14.7 Å². The smallest absolute Gasteiger partial charge is 0.417 e. The molecule has 1 aromatic heterocycles. The van der Waals surface area contributed by atoms with E-state index in [2.05, 4.69) is 9.98 Å². The highest BCUT2D eigenvalue weighted by molar-refractivity contribution is 6.10. The molecule has 3 rings (SSSR count). The maximum absolute atomic E-state index is 13.2. The van der Waals surface area contributed by atoms with Gasteiger partial charge in [-0.05, 0) is 29.0 Å². The quantitative estimate of drug-likeness (QED) is 0.587. The molecule has 158 valence electrons. The minimum absolute atomic E-state index is 0.0316. The van der Waals surface area contributed by atoms with Crippen molar-refractivity contribution in [2.45, 2.75) is 6.18 Å². The number of aromatic nitrogens is 1. The second-order valence-corrected chi connectivity index (χ2v) is 6.17. The molecule has 0 fully saturated rings. The van der Waals surface area contributed by atoms with Crippen molar-refractivity contribution in [2.24, 2.45) is 4.99 Å². The molecule has 11 heteroatoms. The number of halogens is 3. The fourth-order valence-corrected chi connectivity index (χ4v) is 2.56. The molecule has 8 nitrogen and oxygen atoms in total. The summed E-state index contributed by atoms with van der Waals surface area (Å²) in [6.07, 6.45) is -0.0579. The van der Waals surface area contributed by atoms with Crippen molar-refractivity contribution in [1.82, 2.24) is 4.98 Å². The lowest BCUT2D eigenvalue weighted by atomic mass is 10.1. The Balaban J connectivity index is 2.04. The van der Waals surface area contributed by atoms with Crippen LogP contribution in [0.15, 0.2) is 47.6 Å². The SMILES string of the molecule is COc1cc(C#N)ccc1Oc1ncc(C(F)(F)F)cc1C(=O)N=C1C=CC=[N+](O)C1. The molecule has 2 aromatic rings. The Kier molecular flexibility index (Phi) is 6.01. The second-order valence-electron chi connectivity index (χ2n) is 6.17. The summed E-state index contributed by atoms with van der Waals surface area (Å²) in [5.41, 5.74) is -1.32. The molecular weight excluding hydrogens is 417 g/mol. The number of pyridine rings is 1. The Morgan fingerprint density at radius 3 is 2.74 bits per heavy atom. The molecule has 0 unspecified atom stereocenters. The topological polar surface area (TPSA) is 108 Å². The van der Waals surface area contributed by atoms with Crippen molar-refractivity contribution < 1.29 is 37.4 Å². The van der Waals surface area contributed by atoms with E-state index in [1.165, 1.54) is 43.7 Å². The van der Waals surface area contributed by atoms with Crippen molar-refractivity contribution >= 4 is 17.8 Å². The molecule has 31 heavy (non-hydrogen) atoms. The first-order valence-electron chi connectivity index (χ1n) is 8.63. The van der Waals surface area contributed by atoms with E-state index in [0.717, 1.165) is 4.74 Å². The third-order valence-electron chi connectivity index (χ3n) is 4.02. The third-order valence-corrected chi connectivity index (χ3v) is 4.02. The maximum Gasteiger partial charge on any atom is 0.417 e. The maximum atomic E-state index is 13.2. The Morgan fingerprint density at radius 2 is 2.10 bits per heavy atom. The van der Waals surface area contributed by atoms with E-state index in [-0.39, 0.29) is 29.3 Å². The molecule has 0 saturated carbocycles. The molecule has 1 aliphatic heterocycles. The first-order chi connectivity index (χ1) is 14.7. The van der Waals surface area contributed by atoms with E-state index < -0.39 is 29.1 Å². The predicted molar refractivity (Wildman–Crippen MR) is 101 cm³/mol. The van der Waals surface area contributed by atoms with Crippen LogP contribution in [-0.2, 0) is 6.18 Å². The Morgan fingerprint density at radius 1 is 1.32 bits per heavy atom. The number of amides is 1. The number of alkyl halides is 3. The number of nitriles is 1. The Hall–Kier alpha value is -4.20. The molecule has 1 N–H and O–H groups in total. The fraction of sp³-hybridized carbons (Fsp3) is 0.150. The zero-order valence-electron chi connectivity index (χ0n) is 15.9. The number of hydrogen-bond donors (Lipinski definition) is 1. The number of carbonyl (C=O) groups excluding carboxylic acids is 1. The summed E-state index contributed by atoms with van der Waals surface area (Å²) in [5.74, 6) is -1.33. The van der Waals surface area contributed by atoms with Gasteiger partial charge in [0.25, 0.3) is 5.91 Å². The first-order valence-corrected chi connectivity index (χ1v) is 8.63. The van der Waals surface area contributed by atoms with Crippen molar-refractivity contribution in [2.75, 3.05) is 13.7 Å². The van der Waals surface area contributed by atoms with Gasteiger partial charge in [-0.3, -0.25) is 10.0 Å². The zero-order chi connectivity index (χ0) is 22.6. The van der Waals surface area contributed by atoms with Crippen LogP contribution in [0.3, 0.4) is 0 Å². The molecular formula is C20H14F3N4O4+. The molecule has 0 radical (unpaired) electrons. The molecule has 1 amide bonds.